The zero-order valence-electron chi connectivity index (χ0n) is 16.0. The molecule has 4 rings (SSSR count). The lowest BCUT2D eigenvalue weighted by atomic mass is 10.1. The van der Waals surface area contributed by atoms with Gasteiger partial charge in [0.25, 0.3) is 5.69 Å². The Morgan fingerprint density at radius 1 is 1.10 bits per heavy atom. The lowest BCUT2D eigenvalue weighted by Crippen LogP contribution is -2.08. The summed E-state index contributed by atoms with van der Waals surface area (Å²) in [6, 6.07) is 19.9. The minimum absolute atomic E-state index is 0.0150. The molecule has 6 nitrogen and oxygen atoms in total. The van der Waals surface area contributed by atoms with Crippen LogP contribution in [0.25, 0.3) is 26.9 Å². The van der Waals surface area contributed by atoms with Gasteiger partial charge in [0.15, 0.2) is 0 Å². The molecule has 3 aromatic carbocycles. The quantitative estimate of drug-likeness (QED) is 0.252. The molecule has 0 radical (unpaired) electrons. The molecule has 0 bridgehead atoms. The largest absolute Gasteiger partial charge is 0.322 e. The number of para-hydroxylation sites is 1. The van der Waals surface area contributed by atoms with Crippen molar-refractivity contribution < 1.29 is 9.72 Å². The number of amides is 1. The molecule has 0 aliphatic rings. The molecule has 0 unspecified atom stereocenters. The molecule has 0 atom stereocenters. The van der Waals surface area contributed by atoms with Crippen molar-refractivity contribution in [3.8, 4) is 10.6 Å². The first-order valence-corrected chi connectivity index (χ1v) is 10.0. The average Bonchev–Trinajstić information content (AvgIpc) is 3.18. The van der Waals surface area contributed by atoms with E-state index in [1.807, 2.05) is 49.4 Å². The van der Waals surface area contributed by atoms with Gasteiger partial charge in [-0.2, -0.15) is 0 Å². The number of aromatic nitrogens is 1. The van der Waals surface area contributed by atoms with Gasteiger partial charge in [-0.05, 0) is 54.5 Å². The highest BCUT2D eigenvalue weighted by Gasteiger charge is 2.09. The molecule has 1 aromatic heterocycles. The molecular formula is C23H17N3O3S. The Hall–Kier alpha value is -3.84. The predicted molar refractivity (Wildman–Crippen MR) is 121 cm³/mol. The van der Waals surface area contributed by atoms with Crippen molar-refractivity contribution in [3.63, 3.8) is 0 Å². The number of nitrogens with one attached hydrogen (secondary N) is 1. The number of anilines is 1. The minimum atomic E-state index is -0.465. The van der Waals surface area contributed by atoms with E-state index in [-0.39, 0.29) is 11.6 Å². The molecule has 30 heavy (non-hydrogen) atoms. The van der Waals surface area contributed by atoms with Gasteiger partial charge in [0, 0.05) is 29.5 Å². The van der Waals surface area contributed by atoms with Gasteiger partial charge in [-0.15, -0.1) is 11.3 Å². The van der Waals surface area contributed by atoms with Crippen LogP contribution in [-0.4, -0.2) is 15.8 Å². The number of carbonyl (C=O) groups excluding carboxylic acids is 1. The standard InChI is InChI=1S/C23H17N3O3S/c1-15-13-17(23-25-20-7-2-3-8-21(20)30-23)10-11-19(15)24-22(27)12-9-16-5-4-6-18(14-16)26(28)29/h2-14H,1H3,(H,24,27). The summed E-state index contributed by atoms with van der Waals surface area (Å²) >= 11 is 1.63. The Balaban J connectivity index is 1.49. The fraction of sp³-hybridized carbons (Fsp3) is 0.0435. The van der Waals surface area contributed by atoms with Crippen LogP contribution in [0.3, 0.4) is 0 Å². The van der Waals surface area contributed by atoms with Crippen LogP contribution in [0.15, 0.2) is 72.8 Å². The molecule has 148 valence electrons. The van der Waals surface area contributed by atoms with Crippen molar-refractivity contribution in [3.05, 3.63) is 94.0 Å². The zero-order valence-corrected chi connectivity index (χ0v) is 16.8. The number of thiazole rings is 1. The summed E-state index contributed by atoms with van der Waals surface area (Å²) in [5.41, 5.74) is 4.16. The summed E-state index contributed by atoms with van der Waals surface area (Å²) in [6.07, 6.45) is 2.91. The molecule has 7 heteroatoms. The third-order valence-corrected chi connectivity index (χ3v) is 5.62. The van der Waals surface area contributed by atoms with E-state index in [9.17, 15) is 14.9 Å². The Bertz CT molecular complexity index is 1260. The zero-order chi connectivity index (χ0) is 21.1. The van der Waals surface area contributed by atoms with Crippen LogP contribution in [0.4, 0.5) is 11.4 Å². The number of nitro groups is 1. The molecule has 0 saturated carbocycles. The first kappa shape index (κ1) is 19.5. The van der Waals surface area contributed by atoms with Gasteiger partial charge in [0.2, 0.25) is 5.91 Å². The van der Waals surface area contributed by atoms with E-state index in [1.165, 1.54) is 18.2 Å². The van der Waals surface area contributed by atoms with Crippen LogP contribution in [-0.2, 0) is 4.79 Å². The van der Waals surface area contributed by atoms with Crippen LogP contribution in [0, 0.1) is 17.0 Å². The summed E-state index contributed by atoms with van der Waals surface area (Å²) in [4.78, 5) is 27.3. The summed E-state index contributed by atoms with van der Waals surface area (Å²) in [5.74, 6) is -0.308. The Labute approximate surface area is 176 Å². The molecule has 1 heterocycles. The SMILES string of the molecule is Cc1cc(-c2nc3ccccc3s2)ccc1NC(=O)C=Cc1cccc([N+](=O)[O-])c1. The van der Waals surface area contributed by atoms with E-state index < -0.39 is 4.92 Å². The van der Waals surface area contributed by atoms with E-state index in [2.05, 4.69) is 10.3 Å². The molecule has 0 saturated heterocycles. The van der Waals surface area contributed by atoms with Gasteiger partial charge >= 0.3 is 0 Å². The maximum absolute atomic E-state index is 12.3. The van der Waals surface area contributed by atoms with Crippen LogP contribution in [0.2, 0.25) is 0 Å². The van der Waals surface area contributed by atoms with E-state index in [0.717, 1.165) is 26.4 Å². The molecule has 0 fully saturated rings. The summed E-state index contributed by atoms with van der Waals surface area (Å²) < 4.78 is 1.13. The van der Waals surface area contributed by atoms with Crippen molar-refractivity contribution in [2.24, 2.45) is 0 Å². The summed E-state index contributed by atoms with van der Waals surface area (Å²) in [5, 5.41) is 14.6. The van der Waals surface area contributed by atoms with Crippen LogP contribution >= 0.6 is 11.3 Å². The Morgan fingerprint density at radius 3 is 2.70 bits per heavy atom. The summed E-state index contributed by atoms with van der Waals surface area (Å²) in [6.45, 7) is 1.93. The van der Waals surface area contributed by atoms with Crippen molar-refractivity contribution in [2.75, 3.05) is 5.32 Å². The number of nitrogens with zero attached hydrogens (tertiary/aromatic N) is 2. The number of rotatable bonds is 5. The molecule has 1 N–H and O–H groups in total. The highest BCUT2D eigenvalue weighted by Crippen LogP contribution is 2.31. The lowest BCUT2D eigenvalue weighted by molar-refractivity contribution is -0.384. The van der Waals surface area contributed by atoms with Crippen molar-refractivity contribution in [1.82, 2.24) is 4.98 Å². The van der Waals surface area contributed by atoms with Crippen LogP contribution in [0.5, 0.6) is 0 Å². The fourth-order valence-corrected chi connectivity index (χ4v) is 3.98. The molecule has 0 aliphatic carbocycles. The maximum atomic E-state index is 12.3. The van der Waals surface area contributed by atoms with E-state index in [4.69, 9.17) is 0 Å². The molecule has 0 spiro atoms. The number of fused-ring (bicyclic) bond motifs is 1. The van der Waals surface area contributed by atoms with Gasteiger partial charge in [-0.3, -0.25) is 14.9 Å². The van der Waals surface area contributed by atoms with Crippen LogP contribution < -0.4 is 5.32 Å². The molecular weight excluding hydrogens is 398 g/mol. The number of hydrogen-bond donors (Lipinski definition) is 1. The van der Waals surface area contributed by atoms with Gasteiger partial charge in [0.1, 0.15) is 5.01 Å². The van der Waals surface area contributed by atoms with Gasteiger partial charge in [-0.25, -0.2) is 4.98 Å². The number of carbonyl (C=O) groups is 1. The second-order valence-electron chi connectivity index (χ2n) is 6.69. The van der Waals surface area contributed by atoms with Crippen LogP contribution in [0.1, 0.15) is 11.1 Å². The number of benzene rings is 3. The lowest BCUT2D eigenvalue weighted by Gasteiger charge is -2.08. The number of non-ortho nitro benzene ring substituents is 1. The van der Waals surface area contributed by atoms with Crippen molar-refractivity contribution in [2.45, 2.75) is 6.92 Å². The third kappa shape index (κ3) is 4.26. The van der Waals surface area contributed by atoms with Gasteiger partial charge in [0.05, 0.1) is 15.1 Å². The van der Waals surface area contributed by atoms with Gasteiger partial charge < -0.3 is 5.32 Å². The number of nitro benzene ring substituents is 1. The first-order valence-electron chi connectivity index (χ1n) is 9.20. The average molecular weight is 415 g/mol. The maximum Gasteiger partial charge on any atom is 0.270 e. The number of hydrogen-bond acceptors (Lipinski definition) is 5. The normalized spacial score (nSPS) is 11.1. The van der Waals surface area contributed by atoms with Crippen molar-refractivity contribution in [1.29, 1.82) is 0 Å². The first-order chi connectivity index (χ1) is 14.5. The van der Waals surface area contributed by atoms with E-state index >= 15 is 0 Å². The van der Waals surface area contributed by atoms with Gasteiger partial charge in [-0.1, -0.05) is 24.3 Å². The Morgan fingerprint density at radius 2 is 1.93 bits per heavy atom. The second-order valence-corrected chi connectivity index (χ2v) is 7.72. The van der Waals surface area contributed by atoms with Crippen molar-refractivity contribution >= 4 is 44.9 Å². The summed E-state index contributed by atoms with van der Waals surface area (Å²) in [7, 11) is 0. The monoisotopic (exact) mass is 415 g/mol. The minimum Gasteiger partial charge on any atom is -0.322 e. The molecule has 1 amide bonds. The molecule has 0 aliphatic heterocycles. The third-order valence-electron chi connectivity index (χ3n) is 4.53. The number of aryl methyl sites for hydroxylation is 1. The highest BCUT2D eigenvalue weighted by molar-refractivity contribution is 7.21. The second kappa shape index (κ2) is 8.26. The van der Waals surface area contributed by atoms with E-state index in [0.29, 0.717) is 11.3 Å². The predicted octanol–water partition coefficient (Wildman–Crippen LogP) is 5.83. The smallest absolute Gasteiger partial charge is 0.270 e. The fourth-order valence-electron chi connectivity index (χ4n) is 3.02. The Kier molecular flexibility index (Phi) is 5.36. The highest BCUT2D eigenvalue weighted by atomic mass is 32.1. The topological polar surface area (TPSA) is 85.1 Å². The van der Waals surface area contributed by atoms with E-state index in [1.54, 1.807) is 29.5 Å². The molecule has 4 aromatic rings.